The van der Waals surface area contributed by atoms with Gasteiger partial charge in [0.05, 0.1) is 11.3 Å². The lowest BCUT2D eigenvalue weighted by Crippen LogP contribution is -2.17. The molecule has 0 bridgehead atoms. The Labute approximate surface area is 123 Å². The number of nitrogens with two attached hydrogens (primary N) is 1. The fourth-order valence-electron chi connectivity index (χ4n) is 1.64. The van der Waals surface area contributed by atoms with Crippen LogP contribution in [-0.4, -0.2) is 10.9 Å². The quantitative estimate of drug-likeness (QED) is 0.593. The van der Waals surface area contributed by atoms with Gasteiger partial charge in [-0.3, -0.25) is 4.79 Å². The summed E-state index contributed by atoms with van der Waals surface area (Å²) < 4.78 is 14.6. The fourth-order valence-corrected chi connectivity index (χ4v) is 1.99. The number of rotatable bonds is 3. The highest BCUT2D eigenvalue weighted by Gasteiger charge is 2.16. The number of nitrogen functional groups attached to an aromatic ring is 1. The lowest BCUT2D eigenvalue weighted by Gasteiger charge is -2.10. The van der Waals surface area contributed by atoms with Crippen LogP contribution in [0.1, 0.15) is 15.9 Å². The summed E-state index contributed by atoms with van der Waals surface area (Å²) in [7, 11) is 0. The van der Waals surface area contributed by atoms with Gasteiger partial charge in [-0.2, -0.15) is 0 Å². The van der Waals surface area contributed by atoms with E-state index >= 15 is 0 Å². The average Bonchev–Trinajstić information content (AvgIpc) is 2.43. The number of anilines is 2. The highest BCUT2D eigenvalue weighted by atomic mass is 79.9. The molecule has 0 unspecified atom stereocenters. The number of amides is 1. The Morgan fingerprint density at radius 2 is 2.15 bits per heavy atom. The molecule has 1 aromatic carbocycles. The van der Waals surface area contributed by atoms with E-state index in [4.69, 9.17) is 5.84 Å². The summed E-state index contributed by atoms with van der Waals surface area (Å²) in [6.07, 6.45) is 1.30. The van der Waals surface area contributed by atoms with E-state index in [0.717, 1.165) is 5.56 Å². The van der Waals surface area contributed by atoms with Crippen molar-refractivity contribution in [2.24, 2.45) is 5.84 Å². The molecule has 1 amide bonds. The molecule has 104 valence electrons. The van der Waals surface area contributed by atoms with E-state index in [1.807, 2.05) is 13.0 Å². The van der Waals surface area contributed by atoms with Crippen molar-refractivity contribution in [1.82, 2.24) is 4.98 Å². The van der Waals surface area contributed by atoms with Gasteiger partial charge in [0.25, 0.3) is 5.91 Å². The predicted molar refractivity (Wildman–Crippen MR) is 78.8 cm³/mol. The Hall–Kier alpha value is -1.99. The van der Waals surface area contributed by atoms with Crippen LogP contribution in [0.3, 0.4) is 0 Å². The van der Waals surface area contributed by atoms with Gasteiger partial charge in [0.2, 0.25) is 0 Å². The molecule has 0 fully saturated rings. The van der Waals surface area contributed by atoms with Gasteiger partial charge in [0.1, 0.15) is 0 Å². The summed E-state index contributed by atoms with van der Waals surface area (Å²) in [6, 6.07) is 6.77. The number of pyridine rings is 1. The molecule has 5 nitrogen and oxygen atoms in total. The van der Waals surface area contributed by atoms with Crippen molar-refractivity contribution in [2.45, 2.75) is 6.92 Å². The molecule has 0 saturated heterocycles. The van der Waals surface area contributed by atoms with Crippen LogP contribution in [0.2, 0.25) is 0 Å². The molecule has 4 N–H and O–H groups in total. The van der Waals surface area contributed by atoms with E-state index in [1.54, 1.807) is 12.1 Å². The zero-order valence-electron chi connectivity index (χ0n) is 10.6. The largest absolute Gasteiger partial charge is 0.321 e. The number of nitrogens with zero attached hydrogens (tertiary/aromatic N) is 1. The third-order valence-electron chi connectivity index (χ3n) is 2.64. The number of carbonyl (C=O) groups is 1. The highest BCUT2D eigenvalue weighted by Crippen LogP contribution is 2.24. The number of nitrogens with one attached hydrogen (secondary N) is 2. The standard InChI is InChI=1S/C13H12BrFN4O/c1-7-2-3-9(14)10(6-7)18-13(20)8-4-5-17-12(19-16)11(8)15/h2-6H,16H2,1H3,(H,17,19)(H,18,20). The van der Waals surface area contributed by atoms with Crippen LogP contribution in [0.5, 0.6) is 0 Å². The third kappa shape index (κ3) is 2.94. The Morgan fingerprint density at radius 3 is 2.85 bits per heavy atom. The van der Waals surface area contributed by atoms with E-state index in [1.165, 1.54) is 12.3 Å². The van der Waals surface area contributed by atoms with E-state index in [2.05, 4.69) is 31.7 Å². The zero-order valence-corrected chi connectivity index (χ0v) is 12.2. The minimum atomic E-state index is -0.795. The van der Waals surface area contributed by atoms with E-state index in [-0.39, 0.29) is 11.4 Å². The molecule has 0 spiro atoms. The molecule has 20 heavy (non-hydrogen) atoms. The lowest BCUT2D eigenvalue weighted by atomic mass is 10.2. The summed E-state index contributed by atoms with van der Waals surface area (Å²) in [5.41, 5.74) is 3.50. The lowest BCUT2D eigenvalue weighted by molar-refractivity contribution is 0.102. The topological polar surface area (TPSA) is 80.0 Å². The maximum Gasteiger partial charge on any atom is 0.258 e. The number of aryl methyl sites for hydroxylation is 1. The van der Waals surface area contributed by atoms with Crippen molar-refractivity contribution in [1.29, 1.82) is 0 Å². The van der Waals surface area contributed by atoms with Gasteiger partial charge in [0.15, 0.2) is 11.6 Å². The third-order valence-corrected chi connectivity index (χ3v) is 3.33. The Bertz CT molecular complexity index is 663. The first kappa shape index (κ1) is 14.4. The van der Waals surface area contributed by atoms with Crippen LogP contribution < -0.4 is 16.6 Å². The number of halogens is 2. The average molecular weight is 339 g/mol. The van der Waals surface area contributed by atoms with Gasteiger partial charge in [-0.15, -0.1) is 0 Å². The Balaban J connectivity index is 2.31. The number of hydrazine groups is 1. The number of benzene rings is 1. The monoisotopic (exact) mass is 338 g/mol. The van der Waals surface area contributed by atoms with Crippen molar-refractivity contribution in [3.63, 3.8) is 0 Å². The summed E-state index contributed by atoms with van der Waals surface area (Å²) in [5, 5.41) is 2.64. The molecule has 0 aliphatic carbocycles. The summed E-state index contributed by atoms with van der Waals surface area (Å²) in [5.74, 6) is 3.57. The molecule has 2 aromatic rings. The van der Waals surface area contributed by atoms with Gasteiger partial charge in [-0.1, -0.05) is 6.07 Å². The minimum Gasteiger partial charge on any atom is -0.321 e. The van der Waals surface area contributed by atoms with Crippen molar-refractivity contribution in [2.75, 3.05) is 10.7 Å². The van der Waals surface area contributed by atoms with Gasteiger partial charge < -0.3 is 10.7 Å². The van der Waals surface area contributed by atoms with Crippen LogP contribution in [0.15, 0.2) is 34.9 Å². The van der Waals surface area contributed by atoms with Gasteiger partial charge in [-0.25, -0.2) is 15.2 Å². The first-order chi connectivity index (χ1) is 9.52. The van der Waals surface area contributed by atoms with Crippen molar-refractivity contribution >= 4 is 33.3 Å². The smallest absolute Gasteiger partial charge is 0.258 e. The Kier molecular flexibility index (Phi) is 4.31. The van der Waals surface area contributed by atoms with Crippen LogP contribution in [0.4, 0.5) is 15.9 Å². The van der Waals surface area contributed by atoms with Gasteiger partial charge in [-0.05, 0) is 46.6 Å². The minimum absolute atomic E-state index is 0.138. The number of aromatic nitrogens is 1. The molecule has 7 heteroatoms. The summed E-state index contributed by atoms with van der Waals surface area (Å²) in [6.45, 7) is 1.89. The molecule has 0 aliphatic heterocycles. The van der Waals surface area contributed by atoms with Crippen molar-refractivity contribution in [3.8, 4) is 0 Å². The predicted octanol–water partition coefficient (Wildman–Crippen LogP) is 2.83. The summed E-state index contributed by atoms with van der Waals surface area (Å²) in [4.78, 5) is 15.8. The molecule has 2 rings (SSSR count). The maximum absolute atomic E-state index is 13.9. The maximum atomic E-state index is 13.9. The normalized spacial score (nSPS) is 10.2. The molecule has 0 saturated carbocycles. The number of carbonyl (C=O) groups excluding carboxylic acids is 1. The SMILES string of the molecule is Cc1ccc(Br)c(NC(=O)c2ccnc(NN)c2F)c1. The van der Waals surface area contributed by atoms with Crippen molar-refractivity contribution < 1.29 is 9.18 Å². The second-order valence-electron chi connectivity index (χ2n) is 4.10. The number of hydrogen-bond acceptors (Lipinski definition) is 4. The second-order valence-corrected chi connectivity index (χ2v) is 4.96. The van der Waals surface area contributed by atoms with Crippen LogP contribution in [0.25, 0.3) is 0 Å². The summed E-state index contributed by atoms with van der Waals surface area (Å²) >= 11 is 3.32. The van der Waals surface area contributed by atoms with E-state index in [0.29, 0.717) is 10.2 Å². The highest BCUT2D eigenvalue weighted by molar-refractivity contribution is 9.10. The number of hydrogen-bond donors (Lipinski definition) is 3. The molecular weight excluding hydrogens is 327 g/mol. The molecule has 0 atom stereocenters. The van der Waals surface area contributed by atoms with Gasteiger partial charge >= 0.3 is 0 Å². The molecule has 0 radical (unpaired) electrons. The van der Waals surface area contributed by atoms with Crippen LogP contribution in [0, 0.1) is 12.7 Å². The first-order valence-electron chi connectivity index (χ1n) is 5.71. The molecule has 1 aromatic heterocycles. The molecule has 0 aliphatic rings. The molecular formula is C13H12BrFN4O. The first-order valence-corrected chi connectivity index (χ1v) is 6.51. The van der Waals surface area contributed by atoms with Crippen molar-refractivity contribution in [3.05, 3.63) is 51.9 Å². The van der Waals surface area contributed by atoms with Gasteiger partial charge in [0, 0.05) is 10.7 Å². The van der Waals surface area contributed by atoms with Crippen LogP contribution >= 0.6 is 15.9 Å². The Morgan fingerprint density at radius 1 is 1.40 bits per heavy atom. The molecule has 1 heterocycles. The van der Waals surface area contributed by atoms with Crippen LogP contribution in [-0.2, 0) is 0 Å². The fraction of sp³-hybridized carbons (Fsp3) is 0.0769. The van der Waals surface area contributed by atoms with E-state index in [9.17, 15) is 9.18 Å². The zero-order chi connectivity index (χ0) is 14.7. The second kappa shape index (κ2) is 5.98. The van der Waals surface area contributed by atoms with E-state index < -0.39 is 11.7 Å².